The van der Waals surface area contributed by atoms with E-state index in [1.165, 1.54) is 42.5 Å². The Morgan fingerprint density at radius 3 is 2.61 bits per heavy atom. The van der Waals surface area contributed by atoms with Gasteiger partial charge in [-0.15, -0.1) is 0 Å². The molecule has 1 N–H and O–H groups in total. The van der Waals surface area contributed by atoms with Gasteiger partial charge in [0.2, 0.25) is 0 Å². The Morgan fingerprint density at radius 1 is 1.22 bits per heavy atom. The van der Waals surface area contributed by atoms with E-state index in [0.717, 1.165) is 13.1 Å². The Morgan fingerprint density at radius 2 is 1.94 bits per heavy atom. The second-order valence-corrected chi connectivity index (χ2v) is 5.55. The molecule has 18 heavy (non-hydrogen) atoms. The summed E-state index contributed by atoms with van der Waals surface area (Å²) in [5.41, 5.74) is 4.40. The summed E-state index contributed by atoms with van der Waals surface area (Å²) in [6.45, 7) is 7.95. The van der Waals surface area contributed by atoms with Crippen molar-refractivity contribution in [3.63, 3.8) is 0 Å². The minimum absolute atomic E-state index is 0.711. The Balaban J connectivity index is 2.11. The van der Waals surface area contributed by atoms with Crippen molar-refractivity contribution < 1.29 is 0 Å². The lowest BCUT2D eigenvalue weighted by molar-refractivity contribution is 0.139. The van der Waals surface area contributed by atoms with Crippen LogP contribution < -0.4 is 5.32 Å². The van der Waals surface area contributed by atoms with E-state index in [4.69, 9.17) is 0 Å². The molecular weight excluding hydrogens is 220 g/mol. The van der Waals surface area contributed by atoms with Crippen molar-refractivity contribution in [3.8, 4) is 0 Å². The molecule has 1 heterocycles. The monoisotopic (exact) mass is 246 g/mol. The van der Waals surface area contributed by atoms with Crippen LogP contribution in [0.1, 0.15) is 36.0 Å². The maximum atomic E-state index is 3.34. The number of rotatable bonds is 4. The molecule has 1 aromatic rings. The number of aryl methyl sites for hydroxylation is 2. The predicted octanol–water partition coefficient (Wildman–Crippen LogP) is 2.88. The lowest BCUT2D eigenvalue weighted by Crippen LogP contribution is -2.44. The summed E-state index contributed by atoms with van der Waals surface area (Å²) in [6.07, 6.45) is 4.08. The van der Waals surface area contributed by atoms with Crippen LogP contribution in [0.5, 0.6) is 0 Å². The molecule has 1 saturated heterocycles. The lowest BCUT2D eigenvalue weighted by atomic mass is 9.98. The number of likely N-dealkylation sites (tertiary alicyclic amines) is 1. The average molecular weight is 246 g/mol. The molecule has 1 aliphatic rings. The van der Waals surface area contributed by atoms with Gasteiger partial charge < -0.3 is 5.32 Å². The highest BCUT2D eigenvalue weighted by molar-refractivity contribution is 5.33. The molecular formula is C16H26N2. The smallest absolute Gasteiger partial charge is 0.0242 e. The van der Waals surface area contributed by atoms with Crippen molar-refractivity contribution in [1.82, 2.24) is 10.2 Å². The maximum Gasteiger partial charge on any atom is 0.0242 e. The van der Waals surface area contributed by atoms with Crippen LogP contribution >= 0.6 is 0 Å². The fourth-order valence-electron chi connectivity index (χ4n) is 3.04. The first kappa shape index (κ1) is 13.6. The van der Waals surface area contributed by atoms with Gasteiger partial charge in [-0.1, -0.05) is 24.6 Å². The molecule has 1 fully saturated rings. The summed E-state index contributed by atoms with van der Waals surface area (Å²) in [6, 6.07) is 7.34. The second kappa shape index (κ2) is 6.35. The van der Waals surface area contributed by atoms with Gasteiger partial charge in [0.05, 0.1) is 0 Å². The quantitative estimate of drug-likeness (QED) is 0.879. The molecule has 2 rings (SSSR count). The van der Waals surface area contributed by atoms with Gasteiger partial charge in [-0.25, -0.2) is 0 Å². The first-order valence-corrected chi connectivity index (χ1v) is 7.16. The van der Waals surface area contributed by atoms with E-state index in [1.807, 2.05) is 0 Å². The van der Waals surface area contributed by atoms with Gasteiger partial charge in [-0.05, 0) is 57.0 Å². The Hall–Kier alpha value is -0.860. The summed E-state index contributed by atoms with van der Waals surface area (Å²) in [5, 5.41) is 3.34. The fourth-order valence-corrected chi connectivity index (χ4v) is 3.04. The number of likely N-dealkylation sites (N-methyl/N-ethyl adjacent to an activating group) is 1. The third kappa shape index (κ3) is 3.12. The summed E-state index contributed by atoms with van der Waals surface area (Å²) in [7, 11) is 2.06. The van der Waals surface area contributed by atoms with Gasteiger partial charge in [0, 0.05) is 19.1 Å². The van der Waals surface area contributed by atoms with Crippen molar-refractivity contribution >= 4 is 0 Å². The number of piperidine rings is 1. The highest BCUT2D eigenvalue weighted by Crippen LogP contribution is 2.22. The van der Waals surface area contributed by atoms with Crippen LogP contribution in [0.4, 0.5) is 0 Å². The highest BCUT2D eigenvalue weighted by atomic mass is 15.2. The molecule has 0 bridgehead atoms. The molecule has 0 aromatic heterocycles. The van der Waals surface area contributed by atoms with Crippen LogP contribution in [0.3, 0.4) is 0 Å². The van der Waals surface area contributed by atoms with Gasteiger partial charge in [0.25, 0.3) is 0 Å². The number of hydrogen-bond acceptors (Lipinski definition) is 2. The van der Waals surface area contributed by atoms with Crippen molar-refractivity contribution in [1.29, 1.82) is 0 Å². The minimum Gasteiger partial charge on any atom is -0.318 e. The fraction of sp³-hybridized carbons (Fsp3) is 0.625. The van der Waals surface area contributed by atoms with Crippen LogP contribution in [0, 0.1) is 13.8 Å². The zero-order chi connectivity index (χ0) is 13.0. The zero-order valence-electron chi connectivity index (χ0n) is 12.0. The van der Waals surface area contributed by atoms with Crippen LogP contribution in [0.15, 0.2) is 18.2 Å². The molecule has 100 valence electrons. The molecule has 0 amide bonds. The average Bonchev–Trinajstić information content (AvgIpc) is 2.36. The SMILES string of the molecule is CNCC1CCCCN1Cc1c(C)cccc1C. The van der Waals surface area contributed by atoms with E-state index in [9.17, 15) is 0 Å². The molecule has 2 heteroatoms. The first-order valence-electron chi connectivity index (χ1n) is 7.16. The summed E-state index contributed by atoms with van der Waals surface area (Å²) >= 11 is 0. The Kier molecular flexibility index (Phi) is 4.79. The van der Waals surface area contributed by atoms with Gasteiger partial charge in [0.1, 0.15) is 0 Å². The van der Waals surface area contributed by atoms with Crippen molar-refractivity contribution in [2.24, 2.45) is 0 Å². The molecule has 0 aliphatic carbocycles. The van der Waals surface area contributed by atoms with Gasteiger partial charge in [-0.2, -0.15) is 0 Å². The topological polar surface area (TPSA) is 15.3 Å². The zero-order valence-corrected chi connectivity index (χ0v) is 12.0. The third-order valence-corrected chi connectivity index (χ3v) is 4.19. The summed E-state index contributed by atoms with van der Waals surface area (Å²) < 4.78 is 0. The van der Waals surface area contributed by atoms with E-state index in [-0.39, 0.29) is 0 Å². The number of nitrogens with zero attached hydrogens (tertiary/aromatic N) is 1. The van der Waals surface area contributed by atoms with Crippen molar-refractivity contribution in [2.45, 2.75) is 45.7 Å². The molecule has 1 atom stereocenters. The standard InChI is InChI=1S/C16H26N2/c1-13-7-6-8-14(2)16(13)12-18-10-5-4-9-15(18)11-17-3/h6-8,15,17H,4-5,9-12H2,1-3H3. The van der Waals surface area contributed by atoms with Crippen LogP contribution in [-0.2, 0) is 6.54 Å². The molecule has 1 unspecified atom stereocenters. The summed E-state index contributed by atoms with van der Waals surface area (Å²) in [5.74, 6) is 0. The molecule has 2 nitrogen and oxygen atoms in total. The van der Waals surface area contributed by atoms with E-state index >= 15 is 0 Å². The third-order valence-electron chi connectivity index (χ3n) is 4.19. The molecule has 1 aromatic carbocycles. The molecule has 0 spiro atoms. The molecule has 0 radical (unpaired) electrons. The minimum atomic E-state index is 0.711. The van der Waals surface area contributed by atoms with Crippen molar-refractivity contribution in [3.05, 3.63) is 34.9 Å². The van der Waals surface area contributed by atoms with E-state index < -0.39 is 0 Å². The van der Waals surface area contributed by atoms with Gasteiger partial charge >= 0.3 is 0 Å². The van der Waals surface area contributed by atoms with Crippen molar-refractivity contribution in [2.75, 3.05) is 20.1 Å². The summed E-state index contributed by atoms with van der Waals surface area (Å²) in [4.78, 5) is 2.66. The van der Waals surface area contributed by atoms with E-state index in [2.05, 4.69) is 49.3 Å². The lowest BCUT2D eigenvalue weighted by Gasteiger charge is -2.36. The number of benzene rings is 1. The first-order chi connectivity index (χ1) is 8.72. The number of hydrogen-bond donors (Lipinski definition) is 1. The van der Waals surface area contributed by atoms with Gasteiger partial charge in [-0.3, -0.25) is 4.90 Å². The largest absolute Gasteiger partial charge is 0.318 e. The molecule has 0 saturated carbocycles. The highest BCUT2D eigenvalue weighted by Gasteiger charge is 2.22. The van der Waals surface area contributed by atoms with E-state index in [1.54, 1.807) is 0 Å². The van der Waals surface area contributed by atoms with Crippen LogP contribution in [0.2, 0.25) is 0 Å². The molecule has 1 aliphatic heterocycles. The normalized spacial score (nSPS) is 21.2. The van der Waals surface area contributed by atoms with Crippen LogP contribution in [-0.4, -0.2) is 31.1 Å². The number of nitrogens with one attached hydrogen (secondary N) is 1. The maximum absolute atomic E-state index is 3.34. The Bertz CT molecular complexity index is 364. The Labute approximate surface area is 111 Å². The predicted molar refractivity (Wildman–Crippen MR) is 77.9 cm³/mol. The van der Waals surface area contributed by atoms with E-state index in [0.29, 0.717) is 6.04 Å². The van der Waals surface area contributed by atoms with Gasteiger partial charge in [0.15, 0.2) is 0 Å². The second-order valence-electron chi connectivity index (χ2n) is 5.55. The van der Waals surface area contributed by atoms with Crippen LogP contribution in [0.25, 0.3) is 0 Å².